The van der Waals surface area contributed by atoms with E-state index in [1.165, 1.54) is 0 Å². The van der Waals surface area contributed by atoms with Crippen molar-refractivity contribution in [2.24, 2.45) is 0 Å². The Morgan fingerprint density at radius 3 is 2.73 bits per heavy atom. The lowest BCUT2D eigenvalue weighted by atomic mass is 10.1. The topological polar surface area (TPSA) is 49.6 Å². The standard InChI is InChI=1S/C12H15N3/c1-3-4-10-7-9(2)14-11(15-10)12(8-13)5-6-12/h7H,3-6H2,1-2H3. The van der Waals surface area contributed by atoms with E-state index in [1.54, 1.807) is 0 Å². The molecule has 1 heterocycles. The maximum atomic E-state index is 9.09. The smallest absolute Gasteiger partial charge is 0.149 e. The zero-order chi connectivity index (χ0) is 10.9. The van der Waals surface area contributed by atoms with Crippen molar-refractivity contribution in [3.63, 3.8) is 0 Å². The van der Waals surface area contributed by atoms with Crippen LogP contribution in [0.15, 0.2) is 6.07 Å². The van der Waals surface area contributed by atoms with Gasteiger partial charge < -0.3 is 0 Å². The lowest BCUT2D eigenvalue weighted by molar-refractivity contribution is 0.754. The zero-order valence-corrected chi connectivity index (χ0v) is 9.25. The van der Waals surface area contributed by atoms with Gasteiger partial charge in [-0.3, -0.25) is 0 Å². The van der Waals surface area contributed by atoms with Gasteiger partial charge in [-0.2, -0.15) is 5.26 Å². The zero-order valence-electron chi connectivity index (χ0n) is 9.25. The summed E-state index contributed by atoms with van der Waals surface area (Å²) < 4.78 is 0. The summed E-state index contributed by atoms with van der Waals surface area (Å²) in [4.78, 5) is 8.88. The van der Waals surface area contributed by atoms with Gasteiger partial charge in [0.25, 0.3) is 0 Å². The molecule has 0 saturated heterocycles. The Morgan fingerprint density at radius 2 is 2.20 bits per heavy atom. The third-order valence-electron chi connectivity index (χ3n) is 2.81. The number of aromatic nitrogens is 2. The van der Waals surface area contributed by atoms with Gasteiger partial charge in [0.15, 0.2) is 0 Å². The Kier molecular flexibility index (Phi) is 2.44. The quantitative estimate of drug-likeness (QED) is 0.753. The molecule has 0 N–H and O–H groups in total. The molecule has 15 heavy (non-hydrogen) atoms. The number of hydrogen-bond acceptors (Lipinski definition) is 3. The van der Waals surface area contributed by atoms with E-state index in [4.69, 9.17) is 5.26 Å². The molecule has 0 spiro atoms. The second-order valence-electron chi connectivity index (χ2n) is 4.27. The molecule has 1 aromatic rings. The van der Waals surface area contributed by atoms with E-state index in [9.17, 15) is 0 Å². The Bertz CT molecular complexity index is 413. The molecule has 0 aliphatic heterocycles. The fourth-order valence-corrected chi connectivity index (χ4v) is 1.74. The van der Waals surface area contributed by atoms with Crippen LogP contribution in [-0.2, 0) is 11.8 Å². The fourth-order valence-electron chi connectivity index (χ4n) is 1.74. The van der Waals surface area contributed by atoms with Crippen LogP contribution in [0.25, 0.3) is 0 Å². The molecule has 3 nitrogen and oxygen atoms in total. The highest BCUT2D eigenvalue weighted by molar-refractivity contribution is 5.31. The van der Waals surface area contributed by atoms with Crippen molar-refractivity contribution < 1.29 is 0 Å². The Labute approximate surface area is 90.2 Å². The summed E-state index contributed by atoms with van der Waals surface area (Å²) >= 11 is 0. The summed E-state index contributed by atoms with van der Waals surface area (Å²) in [7, 11) is 0. The predicted molar refractivity (Wildman–Crippen MR) is 57.3 cm³/mol. The molecule has 0 radical (unpaired) electrons. The highest BCUT2D eigenvalue weighted by atomic mass is 14.9. The Morgan fingerprint density at radius 1 is 1.47 bits per heavy atom. The van der Waals surface area contributed by atoms with Crippen LogP contribution in [0.5, 0.6) is 0 Å². The molecule has 0 atom stereocenters. The molecule has 3 heteroatoms. The normalized spacial score (nSPS) is 17.1. The van der Waals surface area contributed by atoms with E-state index in [1.807, 2.05) is 13.0 Å². The first-order valence-electron chi connectivity index (χ1n) is 5.46. The van der Waals surface area contributed by atoms with Gasteiger partial charge in [-0.15, -0.1) is 0 Å². The van der Waals surface area contributed by atoms with E-state index < -0.39 is 0 Å². The molecule has 78 valence electrons. The second kappa shape index (κ2) is 3.62. The maximum Gasteiger partial charge on any atom is 0.149 e. The van der Waals surface area contributed by atoms with Gasteiger partial charge in [0.2, 0.25) is 0 Å². The average molecular weight is 201 g/mol. The monoisotopic (exact) mass is 201 g/mol. The van der Waals surface area contributed by atoms with Crippen molar-refractivity contribution in [1.29, 1.82) is 5.26 Å². The molecule has 1 aromatic heterocycles. The first-order valence-corrected chi connectivity index (χ1v) is 5.46. The van der Waals surface area contributed by atoms with E-state index in [0.29, 0.717) is 0 Å². The molecule has 0 aromatic carbocycles. The van der Waals surface area contributed by atoms with E-state index >= 15 is 0 Å². The summed E-state index contributed by atoms with van der Waals surface area (Å²) in [6, 6.07) is 4.35. The summed E-state index contributed by atoms with van der Waals surface area (Å²) in [5.74, 6) is 0.744. The Hall–Kier alpha value is -1.43. The summed E-state index contributed by atoms with van der Waals surface area (Å²) in [5.41, 5.74) is 1.70. The molecular weight excluding hydrogens is 186 g/mol. The van der Waals surface area contributed by atoms with Crippen molar-refractivity contribution in [3.05, 3.63) is 23.3 Å². The van der Waals surface area contributed by atoms with Crippen molar-refractivity contribution in [3.8, 4) is 6.07 Å². The van der Waals surface area contributed by atoms with Crippen LogP contribution in [0.4, 0.5) is 0 Å². The minimum atomic E-state index is -0.353. The van der Waals surface area contributed by atoms with Gasteiger partial charge in [0, 0.05) is 11.4 Å². The largest absolute Gasteiger partial charge is 0.236 e. The van der Waals surface area contributed by atoms with Crippen LogP contribution < -0.4 is 0 Å². The van der Waals surface area contributed by atoms with Crippen LogP contribution >= 0.6 is 0 Å². The third-order valence-corrected chi connectivity index (χ3v) is 2.81. The van der Waals surface area contributed by atoms with Crippen molar-refractivity contribution in [2.75, 3.05) is 0 Å². The minimum absolute atomic E-state index is 0.353. The minimum Gasteiger partial charge on any atom is -0.236 e. The molecule has 0 amide bonds. The van der Waals surface area contributed by atoms with Crippen LogP contribution in [0.3, 0.4) is 0 Å². The lowest BCUT2D eigenvalue weighted by Gasteiger charge is -2.07. The molecule has 1 aliphatic carbocycles. The summed E-state index contributed by atoms with van der Waals surface area (Å²) in [6.45, 7) is 4.10. The average Bonchev–Trinajstić information content (AvgIpc) is 2.98. The maximum absolute atomic E-state index is 9.09. The van der Waals surface area contributed by atoms with Crippen molar-refractivity contribution in [1.82, 2.24) is 9.97 Å². The van der Waals surface area contributed by atoms with E-state index in [0.717, 1.165) is 42.9 Å². The predicted octanol–water partition coefficient (Wildman–Crippen LogP) is 2.29. The summed E-state index contributed by atoms with van der Waals surface area (Å²) in [5, 5.41) is 9.09. The first-order chi connectivity index (χ1) is 7.20. The van der Waals surface area contributed by atoms with Gasteiger partial charge in [-0.05, 0) is 32.3 Å². The molecule has 1 fully saturated rings. The van der Waals surface area contributed by atoms with Crippen molar-refractivity contribution in [2.45, 2.75) is 44.9 Å². The van der Waals surface area contributed by atoms with E-state index in [2.05, 4.69) is 23.0 Å². The van der Waals surface area contributed by atoms with Crippen LogP contribution in [-0.4, -0.2) is 9.97 Å². The van der Waals surface area contributed by atoms with Crippen LogP contribution in [0, 0.1) is 18.3 Å². The van der Waals surface area contributed by atoms with Gasteiger partial charge in [-0.25, -0.2) is 9.97 Å². The number of nitriles is 1. The number of nitrogens with zero attached hydrogens (tertiary/aromatic N) is 3. The van der Waals surface area contributed by atoms with Gasteiger partial charge in [-0.1, -0.05) is 13.3 Å². The number of hydrogen-bond donors (Lipinski definition) is 0. The first kappa shape index (κ1) is 10.1. The van der Waals surface area contributed by atoms with Gasteiger partial charge in [0.1, 0.15) is 11.2 Å². The van der Waals surface area contributed by atoms with Crippen LogP contribution in [0.1, 0.15) is 43.4 Å². The Balaban J connectivity index is 2.37. The van der Waals surface area contributed by atoms with E-state index in [-0.39, 0.29) is 5.41 Å². The van der Waals surface area contributed by atoms with Gasteiger partial charge in [0.05, 0.1) is 6.07 Å². The SMILES string of the molecule is CCCc1cc(C)nc(C2(C#N)CC2)n1. The molecule has 0 bridgehead atoms. The second-order valence-corrected chi connectivity index (χ2v) is 4.27. The molecule has 1 aliphatic rings. The summed E-state index contributed by atoms with van der Waals surface area (Å²) in [6.07, 6.45) is 3.88. The third kappa shape index (κ3) is 1.85. The van der Waals surface area contributed by atoms with Crippen molar-refractivity contribution >= 4 is 0 Å². The number of rotatable bonds is 3. The van der Waals surface area contributed by atoms with Gasteiger partial charge >= 0.3 is 0 Å². The highest BCUT2D eigenvalue weighted by Crippen LogP contribution is 2.45. The molecule has 0 unspecified atom stereocenters. The molecular formula is C12H15N3. The highest BCUT2D eigenvalue weighted by Gasteiger charge is 2.48. The molecule has 1 saturated carbocycles. The lowest BCUT2D eigenvalue weighted by Crippen LogP contribution is -2.11. The molecule has 2 rings (SSSR count). The fraction of sp³-hybridized carbons (Fsp3) is 0.583. The van der Waals surface area contributed by atoms with Crippen LogP contribution in [0.2, 0.25) is 0 Å². The number of aryl methyl sites for hydroxylation is 2.